The molecule has 0 radical (unpaired) electrons. The van der Waals surface area contributed by atoms with Gasteiger partial charge in [-0.1, -0.05) is 6.07 Å². The molecule has 94 valence electrons. The fraction of sp³-hybridized carbons (Fsp3) is 0.417. The largest absolute Gasteiger partial charge is 0.395 e. The van der Waals surface area contributed by atoms with Gasteiger partial charge in [0.1, 0.15) is 0 Å². The van der Waals surface area contributed by atoms with E-state index in [0.717, 1.165) is 11.4 Å². The van der Waals surface area contributed by atoms with Gasteiger partial charge in [0.05, 0.1) is 6.61 Å². The summed E-state index contributed by atoms with van der Waals surface area (Å²) in [6.07, 6.45) is 0.304. The van der Waals surface area contributed by atoms with Gasteiger partial charge in [-0.3, -0.25) is 4.79 Å². The van der Waals surface area contributed by atoms with Crippen molar-refractivity contribution in [2.45, 2.75) is 6.42 Å². The molecule has 0 aliphatic rings. The summed E-state index contributed by atoms with van der Waals surface area (Å²) in [6.45, 7) is 0.651. The van der Waals surface area contributed by atoms with Gasteiger partial charge in [0.2, 0.25) is 5.91 Å². The molecule has 0 fully saturated rings. The number of nitrogens with one attached hydrogen (secondary N) is 1. The van der Waals surface area contributed by atoms with E-state index in [9.17, 15) is 4.79 Å². The Hall–Kier alpha value is -1.26. The van der Waals surface area contributed by atoms with Crippen LogP contribution in [0, 0.1) is 0 Å². The minimum Gasteiger partial charge on any atom is -0.395 e. The van der Waals surface area contributed by atoms with Crippen molar-refractivity contribution in [3.63, 3.8) is 0 Å². The van der Waals surface area contributed by atoms with Gasteiger partial charge in [0.25, 0.3) is 0 Å². The third-order valence-corrected chi connectivity index (χ3v) is 2.52. The molecule has 0 aromatic heterocycles. The van der Waals surface area contributed by atoms with Crippen LogP contribution in [0.25, 0.3) is 0 Å². The van der Waals surface area contributed by atoms with Crippen LogP contribution in [-0.2, 0) is 4.79 Å². The summed E-state index contributed by atoms with van der Waals surface area (Å²) in [7, 11) is 1.88. The Bertz CT molecular complexity index is 371. The Balaban J connectivity index is 2.68. The third kappa shape index (κ3) is 4.63. The molecule has 0 unspecified atom stereocenters. The molecule has 0 saturated carbocycles. The molecule has 1 rings (SSSR count). The van der Waals surface area contributed by atoms with Gasteiger partial charge in [-0.15, -0.1) is 11.6 Å². The molecule has 0 atom stereocenters. The smallest absolute Gasteiger partial charge is 0.225 e. The maximum atomic E-state index is 11.4. The zero-order valence-corrected chi connectivity index (χ0v) is 10.6. The summed E-state index contributed by atoms with van der Waals surface area (Å²) >= 11 is 5.49. The number of rotatable bonds is 6. The number of halogens is 1. The summed E-state index contributed by atoms with van der Waals surface area (Å²) in [5, 5.41) is 11.6. The zero-order chi connectivity index (χ0) is 12.7. The molecule has 0 spiro atoms. The lowest BCUT2D eigenvalue weighted by molar-refractivity contribution is -0.115. The fourth-order valence-corrected chi connectivity index (χ4v) is 1.58. The van der Waals surface area contributed by atoms with E-state index < -0.39 is 0 Å². The maximum absolute atomic E-state index is 11.4. The number of benzene rings is 1. The van der Waals surface area contributed by atoms with E-state index in [-0.39, 0.29) is 12.5 Å². The van der Waals surface area contributed by atoms with E-state index in [4.69, 9.17) is 16.7 Å². The van der Waals surface area contributed by atoms with Crippen LogP contribution in [0.15, 0.2) is 24.3 Å². The predicted octanol–water partition coefficient (Wildman–Crippen LogP) is 1.68. The monoisotopic (exact) mass is 256 g/mol. The van der Waals surface area contributed by atoms with Crippen molar-refractivity contribution in [1.82, 2.24) is 0 Å². The molecule has 1 aromatic rings. The minimum atomic E-state index is -0.0954. The number of hydrogen-bond donors (Lipinski definition) is 2. The average molecular weight is 257 g/mol. The van der Waals surface area contributed by atoms with Gasteiger partial charge >= 0.3 is 0 Å². The first-order valence-corrected chi connectivity index (χ1v) is 5.98. The number of carbonyl (C=O) groups is 1. The molecule has 4 nitrogen and oxygen atoms in total. The zero-order valence-electron chi connectivity index (χ0n) is 9.82. The lowest BCUT2D eigenvalue weighted by atomic mass is 10.2. The summed E-state index contributed by atoms with van der Waals surface area (Å²) in [6, 6.07) is 7.47. The van der Waals surface area contributed by atoms with E-state index in [1.54, 1.807) is 0 Å². The number of anilines is 2. The first kappa shape index (κ1) is 13.8. The highest BCUT2D eigenvalue weighted by molar-refractivity contribution is 6.19. The van der Waals surface area contributed by atoms with E-state index in [1.807, 2.05) is 36.2 Å². The van der Waals surface area contributed by atoms with Gasteiger partial charge in [-0.25, -0.2) is 0 Å². The molecular formula is C12H17ClN2O2. The lowest BCUT2D eigenvalue weighted by Crippen LogP contribution is -2.21. The predicted molar refractivity (Wildman–Crippen MR) is 70.8 cm³/mol. The molecule has 1 amide bonds. The summed E-state index contributed by atoms with van der Waals surface area (Å²) < 4.78 is 0. The van der Waals surface area contributed by atoms with Crippen molar-refractivity contribution >= 4 is 28.9 Å². The molecule has 0 aliphatic carbocycles. The van der Waals surface area contributed by atoms with Gasteiger partial charge < -0.3 is 15.3 Å². The van der Waals surface area contributed by atoms with Crippen molar-refractivity contribution in [1.29, 1.82) is 0 Å². The summed E-state index contributed by atoms with van der Waals surface area (Å²) in [5.74, 6) is 0.220. The summed E-state index contributed by atoms with van der Waals surface area (Å²) in [4.78, 5) is 13.3. The van der Waals surface area contributed by atoms with Crippen molar-refractivity contribution in [3.8, 4) is 0 Å². The van der Waals surface area contributed by atoms with Gasteiger partial charge in [-0.2, -0.15) is 0 Å². The van der Waals surface area contributed by atoms with Gasteiger partial charge in [0.15, 0.2) is 0 Å². The van der Waals surface area contributed by atoms with Gasteiger partial charge in [-0.05, 0) is 18.2 Å². The Morgan fingerprint density at radius 2 is 2.29 bits per heavy atom. The van der Waals surface area contributed by atoms with E-state index >= 15 is 0 Å². The minimum absolute atomic E-state index is 0.0954. The van der Waals surface area contributed by atoms with Crippen LogP contribution in [0.5, 0.6) is 0 Å². The van der Waals surface area contributed by atoms with Crippen molar-refractivity contribution in [2.75, 3.05) is 36.3 Å². The number of alkyl halides is 1. The molecule has 2 N–H and O–H groups in total. The standard InChI is InChI=1S/C12H17ClN2O2/c1-15(7-8-16)11-4-2-3-10(9-11)14-12(17)5-6-13/h2-4,9,16H,5-8H2,1H3,(H,14,17). The van der Waals surface area contributed by atoms with Crippen LogP contribution in [0.1, 0.15) is 6.42 Å². The Morgan fingerprint density at radius 1 is 1.53 bits per heavy atom. The number of aliphatic hydroxyl groups excluding tert-OH is 1. The number of amides is 1. The van der Waals surface area contributed by atoms with Crippen molar-refractivity contribution < 1.29 is 9.90 Å². The normalized spacial score (nSPS) is 10.1. The highest BCUT2D eigenvalue weighted by Crippen LogP contribution is 2.18. The van der Waals surface area contributed by atoms with Crippen LogP contribution in [0.4, 0.5) is 11.4 Å². The molecule has 1 aromatic carbocycles. The molecule has 17 heavy (non-hydrogen) atoms. The van der Waals surface area contributed by atoms with Crippen LogP contribution >= 0.6 is 11.6 Å². The highest BCUT2D eigenvalue weighted by Gasteiger charge is 2.04. The fourth-order valence-electron chi connectivity index (χ4n) is 1.41. The summed E-state index contributed by atoms with van der Waals surface area (Å²) in [5.41, 5.74) is 1.69. The average Bonchev–Trinajstić information content (AvgIpc) is 2.30. The molecule has 0 saturated heterocycles. The second kappa shape index (κ2) is 7.14. The first-order chi connectivity index (χ1) is 8.17. The molecular weight excluding hydrogens is 240 g/mol. The number of aliphatic hydroxyl groups is 1. The second-order valence-electron chi connectivity index (χ2n) is 3.68. The number of likely N-dealkylation sites (N-methyl/N-ethyl adjacent to an activating group) is 1. The Kier molecular flexibility index (Phi) is 5.80. The topological polar surface area (TPSA) is 52.6 Å². The van der Waals surface area contributed by atoms with Crippen molar-refractivity contribution in [2.24, 2.45) is 0 Å². The lowest BCUT2D eigenvalue weighted by Gasteiger charge is -2.18. The molecule has 0 bridgehead atoms. The highest BCUT2D eigenvalue weighted by atomic mass is 35.5. The SMILES string of the molecule is CN(CCO)c1cccc(NC(=O)CCCl)c1. The van der Waals surface area contributed by atoms with E-state index in [2.05, 4.69) is 5.32 Å². The van der Waals surface area contributed by atoms with E-state index in [1.165, 1.54) is 0 Å². The Morgan fingerprint density at radius 3 is 2.94 bits per heavy atom. The molecule has 0 aliphatic heterocycles. The number of nitrogens with zero attached hydrogens (tertiary/aromatic N) is 1. The maximum Gasteiger partial charge on any atom is 0.225 e. The molecule has 0 heterocycles. The molecule has 5 heteroatoms. The first-order valence-electron chi connectivity index (χ1n) is 5.45. The van der Waals surface area contributed by atoms with Crippen LogP contribution in [0.2, 0.25) is 0 Å². The van der Waals surface area contributed by atoms with Crippen LogP contribution < -0.4 is 10.2 Å². The van der Waals surface area contributed by atoms with Crippen LogP contribution in [-0.4, -0.2) is 37.1 Å². The third-order valence-electron chi connectivity index (χ3n) is 2.33. The number of hydrogen-bond acceptors (Lipinski definition) is 3. The van der Waals surface area contributed by atoms with Crippen LogP contribution in [0.3, 0.4) is 0 Å². The Labute approximate surface area is 106 Å². The second-order valence-corrected chi connectivity index (χ2v) is 4.06. The van der Waals surface area contributed by atoms with Crippen molar-refractivity contribution in [3.05, 3.63) is 24.3 Å². The van der Waals surface area contributed by atoms with E-state index in [0.29, 0.717) is 18.8 Å². The quantitative estimate of drug-likeness (QED) is 0.762. The number of carbonyl (C=O) groups excluding carboxylic acids is 1. The van der Waals surface area contributed by atoms with Gasteiger partial charge in [0, 0.05) is 37.3 Å².